The molecule has 3 aromatic rings. The van der Waals surface area contributed by atoms with Gasteiger partial charge in [0.25, 0.3) is 0 Å². The van der Waals surface area contributed by atoms with Crippen LogP contribution in [0, 0.1) is 0 Å². The number of aromatic amines is 1. The Morgan fingerprint density at radius 2 is 2.12 bits per heavy atom. The first-order chi connectivity index (χ1) is 11.6. The molecule has 0 fully saturated rings. The molecule has 0 unspecified atom stereocenters. The van der Waals surface area contributed by atoms with E-state index in [1.165, 1.54) is 23.5 Å². The fourth-order valence-electron chi connectivity index (χ4n) is 2.13. The molecule has 1 amide bonds. The highest BCUT2D eigenvalue weighted by Gasteiger charge is 2.10. The second-order valence-electron chi connectivity index (χ2n) is 5.04. The van der Waals surface area contributed by atoms with E-state index in [4.69, 9.17) is 5.11 Å². The van der Waals surface area contributed by atoms with Gasteiger partial charge < -0.3 is 10.4 Å². The molecule has 2 aromatic heterocycles. The van der Waals surface area contributed by atoms with Crippen LogP contribution in [-0.4, -0.2) is 32.2 Å². The van der Waals surface area contributed by atoms with Crippen LogP contribution >= 0.6 is 11.3 Å². The van der Waals surface area contributed by atoms with E-state index in [-0.39, 0.29) is 24.4 Å². The highest BCUT2D eigenvalue weighted by atomic mass is 32.1. The Morgan fingerprint density at radius 3 is 2.88 bits per heavy atom. The number of H-pyrrole nitrogens is 1. The predicted molar refractivity (Wildman–Crippen MR) is 88.6 cm³/mol. The summed E-state index contributed by atoms with van der Waals surface area (Å²) in [5.74, 6) is -0.0684. The lowest BCUT2D eigenvalue weighted by molar-refractivity contribution is -0.120. The minimum Gasteiger partial charge on any atom is -0.478 e. The summed E-state index contributed by atoms with van der Waals surface area (Å²) in [5.41, 5.74) is 0.806. The molecule has 3 N–H and O–H groups in total. The summed E-state index contributed by atoms with van der Waals surface area (Å²) in [6.45, 7) is 0.232. The quantitative estimate of drug-likeness (QED) is 0.636. The number of carboxylic acid groups (broad SMARTS) is 1. The molecule has 0 aliphatic rings. The van der Waals surface area contributed by atoms with Gasteiger partial charge in [0.05, 0.1) is 23.4 Å². The number of benzene rings is 1. The number of hydrogen-bond acceptors (Lipinski definition) is 5. The van der Waals surface area contributed by atoms with Gasteiger partial charge in [-0.1, -0.05) is 18.2 Å². The number of nitrogens with one attached hydrogen (secondary N) is 2. The van der Waals surface area contributed by atoms with Gasteiger partial charge in [0, 0.05) is 0 Å². The van der Waals surface area contributed by atoms with Crippen LogP contribution in [0.3, 0.4) is 0 Å². The van der Waals surface area contributed by atoms with Gasteiger partial charge in [-0.25, -0.2) is 9.78 Å². The van der Waals surface area contributed by atoms with Crippen LogP contribution in [0.15, 0.2) is 41.8 Å². The summed E-state index contributed by atoms with van der Waals surface area (Å²) in [7, 11) is 0. The highest BCUT2D eigenvalue weighted by molar-refractivity contribution is 7.13. The van der Waals surface area contributed by atoms with E-state index < -0.39 is 5.97 Å². The SMILES string of the molecule is O=C(Cc1cccc(C(=O)O)c1)NCc1nc(-c2cccs2)n[nH]1. The van der Waals surface area contributed by atoms with Crippen molar-refractivity contribution in [2.45, 2.75) is 13.0 Å². The summed E-state index contributed by atoms with van der Waals surface area (Å²) in [4.78, 5) is 28.2. The Hall–Kier alpha value is -3.00. The molecule has 24 heavy (non-hydrogen) atoms. The molecule has 7 nitrogen and oxygen atoms in total. The van der Waals surface area contributed by atoms with Crippen molar-refractivity contribution in [1.82, 2.24) is 20.5 Å². The number of aromatic carboxylic acids is 1. The van der Waals surface area contributed by atoms with Crippen molar-refractivity contribution in [2.24, 2.45) is 0 Å². The summed E-state index contributed by atoms with van der Waals surface area (Å²) < 4.78 is 0. The van der Waals surface area contributed by atoms with E-state index in [2.05, 4.69) is 20.5 Å². The largest absolute Gasteiger partial charge is 0.478 e. The summed E-state index contributed by atoms with van der Waals surface area (Å²) >= 11 is 1.54. The number of amides is 1. The minimum atomic E-state index is -1.01. The summed E-state index contributed by atoms with van der Waals surface area (Å²) in [5, 5.41) is 20.5. The molecule has 0 atom stereocenters. The van der Waals surface area contributed by atoms with Gasteiger partial charge in [-0.15, -0.1) is 11.3 Å². The molecule has 1 aromatic carbocycles. The van der Waals surface area contributed by atoms with Crippen molar-refractivity contribution in [1.29, 1.82) is 0 Å². The summed E-state index contributed by atoms with van der Waals surface area (Å²) in [6, 6.07) is 10.2. The van der Waals surface area contributed by atoms with Gasteiger partial charge in [-0.3, -0.25) is 9.89 Å². The average molecular weight is 342 g/mol. The molecule has 0 saturated heterocycles. The lowest BCUT2D eigenvalue weighted by Gasteiger charge is -2.04. The minimum absolute atomic E-state index is 0.104. The van der Waals surface area contributed by atoms with Crippen molar-refractivity contribution >= 4 is 23.2 Å². The number of carbonyl (C=O) groups excluding carboxylic acids is 1. The third kappa shape index (κ3) is 3.85. The Kier molecular flexibility index (Phi) is 4.66. The summed E-state index contributed by atoms with van der Waals surface area (Å²) in [6.07, 6.45) is 0.104. The molecule has 0 saturated carbocycles. The van der Waals surface area contributed by atoms with Crippen LogP contribution in [0.2, 0.25) is 0 Å². The number of rotatable bonds is 6. The molecule has 0 radical (unpaired) electrons. The smallest absolute Gasteiger partial charge is 0.335 e. The van der Waals surface area contributed by atoms with Crippen LogP contribution in [0.5, 0.6) is 0 Å². The molecule has 8 heteroatoms. The maximum atomic E-state index is 12.0. The third-order valence-electron chi connectivity index (χ3n) is 3.26. The van der Waals surface area contributed by atoms with Gasteiger partial charge >= 0.3 is 5.97 Å². The van der Waals surface area contributed by atoms with Crippen LogP contribution in [0.25, 0.3) is 10.7 Å². The first-order valence-corrected chi connectivity index (χ1v) is 8.04. The molecule has 0 bridgehead atoms. The first kappa shape index (κ1) is 15.9. The predicted octanol–water partition coefficient (Wildman–Crippen LogP) is 2.09. The monoisotopic (exact) mass is 342 g/mol. The Labute approximate surface area is 141 Å². The first-order valence-electron chi connectivity index (χ1n) is 7.16. The number of aromatic nitrogens is 3. The fourth-order valence-corrected chi connectivity index (χ4v) is 2.79. The molecule has 2 heterocycles. The van der Waals surface area contributed by atoms with Crippen molar-refractivity contribution in [3.8, 4) is 10.7 Å². The fraction of sp³-hybridized carbons (Fsp3) is 0.125. The molecule has 122 valence electrons. The van der Waals surface area contributed by atoms with Crippen LogP contribution < -0.4 is 5.32 Å². The van der Waals surface area contributed by atoms with E-state index in [9.17, 15) is 9.59 Å². The Bertz CT molecular complexity index is 858. The standard InChI is InChI=1S/C16H14N4O3S/c21-14(8-10-3-1-4-11(7-10)16(22)23)17-9-13-18-15(20-19-13)12-5-2-6-24-12/h1-7H,8-9H2,(H,17,21)(H,22,23)(H,18,19,20). The lowest BCUT2D eigenvalue weighted by atomic mass is 10.1. The molecule has 0 spiro atoms. The normalized spacial score (nSPS) is 10.5. The zero-order valence-corrected chi connectivity index (χ0v) is 13.3. The van der Waals surface area contributed by atoms with Crippen LogP contribution in [0.4, 0.5) is 0 Å². The Balaban J connectivity index is 1.56. The molecular weight excluding hydrogens is 328 g/mol. The van der Waals surface area contributed by atoms with Gasteiger partial charge in [-0.2, -0.15) is 5.10 Å². The lowest BCUT2D eigenvalue weighted by Crippen LogP contribution is -2.25. The highest BCUT2D eigenvalue weighted by Crippen LogP contribution is 2.20. The molecular formula is C16H14N4O3S. The maximum absolute atomic E-state index is 12.0. The second-order valence-corrected chi connectivity index (χ2v) is 5.99. The van der Waals surface area contributed by atoms with Gasteiger partial charge in [0.2, 0.25) is 5.91 Å². The van der Waals surface area contributed by atoms with E-state index in [1.807, 2.05) is 17.5 Å². The molecule has 0 aliphatic carbocycles. The van der Waals surface area contributed by atoms with E-state index in [1.54, 1.807) is 12.1 Å². The van der Waals surface area contributed by atoms with E-state index >= 15 is 0 Å². The number of carboxylic acids is 1. The van der Waals surface area contributed by atoms with Crippen molar-refractivity contribution in [3.63, 3.8) is 0 Å². The Morgan fingerprint density at radius 1 is 1.25 bits per heavy atom. The van der Waals surface area contributed by atoms with Crippen LogP contribution in [0.1, 0.15) is 21.7 Å². The van der Waals surface area contributed by atoms with Crippen molar-refractivity contribution < 1.29 is 14.7 Å². The zero-order valence-electron chi connectivity index (χ0n) is 12.5. The number of carbonyl (C=O) groups is 2. The van der Waals surface area contributed by atoms with Gasteiger partial charge in [0.15, 0.2) is 5.82 Å². The third-order valence-corrected chi connectivity index (χ3v) is 4.13. The maximum Gasteiger partial charge on any atom is 0.335 e. The van der Waals surface area contributed by atoms with Crippen molar-refractivity contribution in [2.75, 3.05) is 0 Å². The molecule has 3 rings (SSSR count). The van der Waals surface area contributed by atoms with Crippen molar-refractivity contribution in [3.05, 3.63) is 58.7 Å². The number of thiophene rings is 1. The van der Waals surface area contributed by atoms with E-state index in [0.717, 1.165) is 4.88 Å². The van der Waals surface area contributed by atoms with Gasteiger partial charge in [0.1, 0.15) is 5.82 Å². The number of nitrogens with zero attached hydrogens (tertiary/aromatic N) is 2. The second kappa shape index (κ2) is 7.05. The molecule has 0 aliphatic heterocycles. The number of hydrogen-bond donors (Lipinski definition) is 3. The topological polar surface area (TPSA) is 108 Å². The van der Waals surface area contributed by atoms with Crippen LogP contribution in [-0.2, 0) is 17.8 Å². The average Bonchev–Trinajstić information content (AvgIpc) is 3.24. The van der Waals surface area contributed by atoms with Gasteiger partial charge in [-0.05, 0) is 29.1 Å². The zero-order chi connectivity index (χ0) is 16.9. The van der Waals surface area contributed by atoms with E-state index in [0.29, 0.717) is 17.2 Å².